The molecule has 4 aliphatic rings. The number of nitrogens with one attached hydrogen (secondary N) is 2. The quantitative estimate of drug-likeness (QED) is 0.500. The van der Waals surface area contributed by atoms with Crippen molar-refractivity contribution in [2.75, 3.05) is 6.61 Å². The molecule has 9 nitrogen and oxygen atoms in total. The number of ether oxygens (including phenoxy) is 2. The van der Waals surface area contributed by atoms with E-state index in [0.717, 1.165) is 12.8 Å². The molecule has 3 N–H and O–H groups in total. The van der Waals surface area contributed by atoms with Gasteiger partial charge in [-0.2, -0.15) is 0 Å². The highest BCUT2D eigenvalue weighted by molar-refractivity contribution is 5.88. The second kappa shape index (κ2) is 9.47. The molecule has 1 heterocycles. The predicted octanol–water partition coefficient (Wildman–Crippen LogP) is 3.49. The highest BCUT2D eigenvalue weighted by Crippen LogP contribution is 2.67. The standard InChI is InChI=1S/C27H40N2O7/c1-6-25(4)13-19(36-24(34)29-23(33)35-14-17-7-8-20(31)28-17)26(5)15(2)9-11-27(16(3)22(25)32)12-10-18(30)21(26)27/h6,15-17,19,21-22,32H,1,7-14H2,2-5H3,(H,28,31)(H,29,33,34)/t15?,16-,17-,19+,21-,22-,25+,26+,27-/m0/s1. The molecule has 3 aliphatic carbocycles. The lowest BCUT2D eigenvalue weighted by Gasteiger charge is -2.61. The zero-order chi connectivity index (χ0) is 26.5. The van der Waals surface area contributed by atoms with Crippen molar-refractivity contribution in [3.8, 4) is 0 Å². The lowest BCUT2D eigenvalue weighted by molar-refractivity contribution is -0.191. The van der Waals surface area contributed by atoms with Gasteiger partial charge < -0.3 is 19.9 Å². The zero-order valence-corrected chi connectivity index (χ0v) is 21.8. The topological polar surface area (TPSA) is 131 Å². The Labute approximate surface area is 212 Å². The van der Waals surface area contributed by atoms with Crippen LogP contribution in [0, 0.1) is 34.0 Å². The number of carbonyl (C=O) groups is 4. The van der Waals surface area contributed by atoms with Gasteiger partial charge in [0.25, 0.3) is 0 Å². The first-order valence-corrected chi connectivity index (χ1v) is 13.2. The third-order valence-electron chi connectivity index (χ3n) is 10.3. The van der Waals surface area contributed by atoms with Crippen LogP contribution < -0.4 is 10.6 Å². The first-order valence-electron chi connectivity index (χ1n) is 13.2. The van der Waals surface area contributed by atoms with Gasteiger partial charge in [0.2, 0.25) is 5.91 Å². The van der Waals surface area contributed by atoms with Crippen molar-refractivity contribution in [1.82, 2.24) is 10.6 Å². The molecule has 0 aromatic carbocycles. The number of Topliss-reactive ketones (excluding diaryl/α,β-unsaturated/α-hetero) is 1. The van der Waals surface area contributed by atoms with Gasteiger partial charge in [0.1, 0.15) is 18.5 Å². The van der Waals surface area contributed by atoms with Crippen LogP contribution in [-0.2, 0) is 19.1 Å². The molecule has 0 radical (unpaired) electrons. The molecule has 0 aromatic heterocycles. The molecule has 9 heteroatoms. The summed E-state index contributed by atoms with van der Waals surface area (Å²) in [6, 6.07) is -0.273. The number of ketones is 1. The summed E-state index contributed by atoms with van der Waals surface area (Å²) in [6.45, 7) is 12.0. The predicted molar refractivity (Wildman–Crippen MR) is 131 cm³/mol. The van der Waals surface area contributed by atoms with Crippen molar-refractivity contribution in [2.45, 2.75) is 90.9 Å². The summed E-state index contributed by atoms with van der Waals surface area (Å²) in [5.74, 6) is -0.308. The second-order valence-corrected chi connectivity index (χ2v) is 12.0. The van der Waals surface area contributed by atoms with Crippen LogP contribution in [0.15, 0.2) is 12.7 Å². The fraction of sp³-hybridized carbons (Fsp3) is 0.778. The summed E-state index contributed by atoms with van der Waals surface area (Å²) in [6.07, 6.45) is 2.41. The lowest BCUT2D eigenvalue weighted by Crippen LogP contribution is -2.63. The van der Waals surface area contributed by atoms with Crippen LogP contribution >= 0.6 is 0 Å². The van der Waals surface area contributed by atoms with Crippen molar-refractivity contribution >= 4 is 23.9 Å². The Morgan fingerprint density at radius 2 is 1.89 bits per heavy atom. The summed E-state index contributed by atoms with van der Waals surface area (Å²) in [5, 5.41) is 16.4. The number of alkyl carbamates (subject to hydrolysis) is 2. The number of hydrogen-bond acceptors (Lipinski definition) is 7. The number of imide groups is 1. The molecule has 0 spiro atoms. The summed E-state index contributed by atoms with van der Waals surface area (Å²) >= 11 is 0. The molecule has 1 aliphatic heterocycles. The van der Waals surface area contributed by atoms with Gasteiger partial charge >= 0.3 is 12.2 Å². The number of aliphatic hydroxyl groups is 1. The summed E-state index contributed by atoms with van der Waals surface area (Å²) in [7, 11) is 0. The lowest BCUT2D eigenvalue weighted by atomic mass is 9.44. The van der Waals surface area contributed by atoms with Crippen molar-refractivity contribution < 1.29 is 33.8 Å². The normalized spacial score (nSPS) is 44.0. The maximum atomic E-state index is 13.4. The Hall–Kier alpha value is -2.42. The first kappa shape index (κ1) is 26.6. The van der Waals surface area contributed by atoms with Crippen molar-refractivity contribution in [3.05, 3.63) is 12.7 Å². The molecule has 2 bridgehead atoms. The van der Waals surface area contributed by atoms with Crippen molar-refractivity contribution in [2.24, 2.45) is 34.0 Å². The molecule has 0 aromatic rings. The Bertz CT molecular complexity index is 952. The van der Waals surface area contributed by atoms with Gasteiger partial charge in [-0.15, -0.1) is 6.58 Å². The number of carbonyl (C=O) groups excluding carboxylic acids is 4. The average Bonchev–Trinajstić information content (AvgIpc) is 3.41. The minimum atomic E-state index is -0.958. The van der Waals surface area contributed by atoms with Crippen LogP contribution in [0.5, 0.6) is 0 Å². The second-order valence-electron chi connectivity index (χ2n) is 12.0. The van der Waals surface area contributed by atoms with Crippen LogP contribution in [0.1, 0.15) is 72.6 Å². The molecule has 1 unspecified atom stereocenters. The minimum absolute atomic E-state index is 0.0409. The van der Waals surface area contributed by atoms with E-state index in [1.807, 2.05) is 20.8 Å². The minimum Gasteiger partial charge on any atom is -0.447 e. The fourth-order valence-corrected chi connectivity index (χ4v) is 7.76. The van der Waals surface area contributed by atoms with Gasteiger partial charge in [-0.05, 0) is 49.4 Å². The van der Waals surface area contributed by atoms with Crippen LogP contribution in [0.4, 0.5) is 9.59 Å². The van der Waals surface area contributed by atoms with Gasteiger partial charge in [0, 0.05) is 29.6 Å². The van der Waals surface area contributed by atoms with E-state index in [-0.39, 0.29) is 53.9 Å². The van der Waals surface area contributed by atoms with Crippen LogP contribution in [0.3, 0.4) is 0 Å². The molecule has 3 saturated carbocycles. The molecule has 1 saturated heterocycles. The van der Waals surface area contributed by atoms with E-state index in [1.54, 1.807) is 6.08 Å². The molecule has 4 fully saturated rings. The first-order chi connectivity index (χ1) is 16.9. The van der Waals surface area contributed by atoms with E-state index in [0.29, 0.717) is 25.7 Å². The SMILES string of the molecule is C=C[C@]1(C)C[C@@H](OC(=O)NC(=O)OC[C@@H]2CCC(=O)N2)[C@@]2(C)C(C)CC[C@]3(CCC(=O)[C@H]32)[C@@H](C)[C@@H]1O. The molecule has 36 heavy (non-hydrogen) atoms. The molecule has 3 amide bonds. The fourth-order valence-electron chi connectivity index (χ4n) is 7.76. The van der Waals surface area contributed by atoms with Crippen molar-refractivity contribution in [1.29, 1.82) is 0 Å². The van der Waals surface area contributed by atoms with Gasteiger partial charge in [0.15, 0.2) is 0 Å². The largest absolute Gasteiger partial charge is 0.447 e. The van der Waals surface area contributed by atoms with Crippen LogP contribution in [0.25, 0.3) is 0 Å². The van der Waals surface area contributed by atoms with Crippen LogP contribution in [0.2, 0.25) is 0 Å². The van der Waals surface area contributed by atoms with E-state index in [9.17, 15) is 24.3 Å². The van der Waals surface area contributed by atoms with Gasteiger partial charge in [-0.3, -0.25) is 9.59 Å². The number of amides is 3. The van der Waals surface area contributed by atoms with Gasteiger partial charge in [0.05, 0.1) is 12.1 Å². The number of aliphatic hydroxyl groups excluding tert-OH is 1. The molecule has 200 valence electrons. The van der Waals surface area contributed by atoms with Gasteiger partial charge in [-0.1, -0.05) is 33.8 Å². The maximum absolute atomic E-state index is 13.4. The van der Waals surface area contributed by atoms with Gasteiger partial charge in [-0.25, -0.2) is 14.9 Å². The maximum Gasteiger partial charge on any atom is 0.416 e. The Kier molecular flexibility index (Phi) is 7.01. The highest BCUT2D eigenvalue weighted by Gasteiger charge is 2.68. The van der Waals surface area contributed by atoms with E-state index < -0.39 is 35.2 Å². The number of rotatable bonds is 4. The average molecular weight is 505 g/mol. The Balaban J connectivity index is 1.58. The molecular formula is C27H40N2O7. The highest BCUT2D eigenvalue weighted by atomic mass is 16.6. The third kappa shape index (κ3) is 4.23. The zero-order valence-electron chi connectivity index (χ0n) is 21.8. The molecular weight excluding hydrogens is 464 g/mol. The van der Waals surface area contributed by atoms with E-state index in [2.05, 4.69) is 24.1 Å². The summed E-state index contributed by atoms with van der Waals surface area (Å²) in [4.78, 5) is 49.9. The summed E-state index contributed by atoms with van der Waals surface area (Å²) in [5.41, 5.74) is -1.79. The van der Waals surface area contributed by atoms with E-state index in [4.69, 9.17) is 9.47 Å². The van der Waals surface area contributed by atoms with Crippen LogP contribution in [-0.4, -0.2) is 53.8 Å². The molecule has 4 rings (SSSR count). The van der Waals surface area contributed by atoms with Crippen molar-refractivity contribution in [3.63, 3.8) is 0 Å². The van der Waals surface area contributed by atoms with E-state index in [1.165, 1.54) is 0 Å². The summed E-state index contributed by atoms with van der Waals surface area (Å²) < 4.78 is 11.1. The smallest absolute Gasteiger partial charge is 0.416 e. The Morgan fingerprint density at radius 3 is 2.53 bits per heavy atom. The number of hydrogen-bond donors (Lipinski definition) is 3. The monoisotopic (exact) mass is 504 g/mol. The Morgan fingerprint density at radius 1 is 1.17 bits per heavy atom. The molecule has 9 atom stereocenters. The van der Waals surface area contributed by atoms with E-state index >= 15 is 0 Å². The third-order valence-corrected chi connectivity index (χ3v) is 10.3.